The molecule has 2 aromatic carbocycles. The molecule has 0 radical (unpaired) electrons. The van der Waals surface area contributed by atoms with Crippen molar-refractivity contribution in [2.24, 2.45) is 0 Å². The number of rotatable bonds is 7. The third kappa shape index (κ3) is 4.04. The topological polar surface area (TPSA) is 66.0 Å². The number of hydrogen-bond donors (Lipinski definition) is 0. The average molecular weight is 465 g/mol. The molecule has 5 aromatic rings. The summed E-state index contributed by atoms with van der Waals surface area (Å²) >= 11 is 3.10. The highest BCUT2D eigenvalue weighted by atomic mass is 32.2. The van der Waals surface area contributed by atoms with E-state index in [9.17, 15) is 4.39 Å². The van der Waals surface area contributed by atoms with E-state index in [2.05, 4.69) is 15.2 Å². The van der Waals surface area contributed by atoms with E-state index in [0.29, 0.717) is 16.8 Å². The first-order valence-electron chi connectivity index (χ1n) is 9.69. The van der Waals surface area contributed by atoms with Crippen molar-refractivity contribution in [3.8, 4) is 33.6 Å². The molecule has 3 heterocycles. The normalized spacial score (nSPS) is 11.1. The molecule has 0 saturated carbocycles. The Morgan fingerprint density at radius 2 is 1.91 bits per heavy atom. The summed E-state index contributed by atoms with van der Waals surface area (Å²) in [5, 5.41) is 11.6. The fourth-order valence-corrected chi connectivity index (χ4v) is 4.72. The SMILES string of the molecule is COc1ccccc1-n1c(SCc2coc(-c3ccc(F)cc3)n2)nnc1-c1cccs1. The van der Waals surface area contributed by atoms with Gasteiger partial charge in [0.25, 0.3) is 0 Å². The zero-order valence-corrected chi connectivity index (χ0v) is 18.6. The third-order valence-electron chi connectivity index (χ3n) is 4.69. The Balaban J connectivity index is 1.45. The molecule has 6 nitrogen and oxygen atoms in total. The second-order valence-corrected chi connectivity index (χ2v) is 8.62. The van der Waals surface area contributed by atoms with Crippen molar-refractivity contribution in [2.75, 3.05) is 7.11 Å². The van der Waals surface area contributed by atoms with Gasteiger partial charge in [0.1, 0.15) is 17.8 Å². The Morgan fingerprint density at radius 1 is 1.06 bits per heavy atom. The lowest BCUT2D eigenvalue weighted by atomic mass is 10.2. The van der Waals surface area contributed by atoms with Crippen LogP contribution in [0.2, 0.25) is 0 Å². The Labute approximate surface area is 191 Å². The smallest absolute Gasteiger partial charge is 0.226 e. The van der Waals surface area contributed by atoms with E-state index >= 15 is 0 Å². The molecule has 9 heteroatoms. The fraction of sp³-hybridized carbons (Fsp3) is 0.0870. The molecule has 0 saturated heterocycles. The van der Waals surface area contributed by atoms with Gasteiger partial charge in [-0.1, -0.05) is 30.0 Å². The van der Waals surface area contributed by atoms with Gasteiger partial charge in [-0.15, -0.1) is 21.5 Å². The van der Waals surface area contributed by atoms with Crippen LogP contribution in [0.25, 0.3) is 27.8 Å². The van der Waals surface area contributed by atoms with Crippen LogP contribution in [0.5, 0.6) is 5.75 Å². The largest absolute Gasteiger partial charge is 0.495 e. The van der Waals surface area contributed by atoms with E-state index in [0.717, 1.165) is 33.4 Å². The molecule has 0 bridgehead atoms. The highest BCUT2D eigenvalue weighted by Crippen LogP contribution is 2.35. The molecule has 0 amide bonds. The first-order valence-corrected chi connectivity index (χ1v) is 11.6. The van der Waals surface area contributed by atoms with Crippen LogP contribution in [0.3, 0.4) is 0 Å². The van der Waals surface area contributed by atoms with Gasteiger partial charge in [0, 0.05) is 11.3 Å². The molecule has 0 aliphatic heterocycles. The van der Waals surface area contributed by atoms with Crippen LogP contribution >= 0.6 is 23.1 Å². The van der Waals surface area contributed by atoms with E-state index in [1.807, 2.05) is 46.3 Å². The minimum absolute atomic E-state index is 0.298. The summed E-state index contributed by atoms with van der Waals surface area (Å²) in [5.41, 5.74) is 2.33. The monoisotopic (exact) mass is 464 g/mol. The number of ether oxygens (including phenoxy) is 1. The molecular formula is C23H17FN4O2S2. The summed E-state index contributed by atoms with van der Waals surface area (Å²) in [7, 11) is 1.65. The molecule has 160 valence electrons. The Kier molecular flexibility index (Phi) is 5.74. The predicted octanol–water partition coefficient (Wildman–Crippen LogP) is 6.09. The number of benzene rings is 2. The fourth-order valence-electron chi connectivity index (χ4n) is 3.20. The quantitative estimate of drug-likeness (QED) is 0.272. The predicted molar refractivity (Wildman–Crippen MR) is 123 cm³/mol. The zero-order chi connectivity index (χ0) is 21.9. The Hall–Kier alpha value is -3.43. The van der Waals surface area contributed by atoms with Crippen molar-refractivity contribution in [1.82, 2.24) is 19.7 Å². The summed E-state index contributed by atoms with van der Waals surface area (Å²) < 4.78 is 26.3. The zero-order valence-electron chi connectivity index (χ0n) is 16.9. The van der Waals surface area contributed by atoms with Crippen LogP contribution < -0.4 is 4.74 Å². The van der Waals surface area contributed by atoms with Crippen LogP contribution in [0.4, 0.5) is 4.39 Å². The number of hydrogen-bond acceptors (Lipinski definition) is 7. The van der Waals surface area contributed by atoms with Gasteiger partial charge in [-0.2, -0.15) is 0 Å². The number of thiophene rings is 1. The Bertz CT molecular complexity index is 1330. The third-order valence-corrected chi connectivity index (χ3v) is 6.52. The van der Waals surface area contributed by atoms with E-state index < -0.39 is 0 Å². The van der Waals surface area contributed by atoms with Crippen LogP contribution in [-0.4, -0.2) is 26.9 Å². The Morgan fingerprint density at radius 3 is 2.69 bits per heavy atom. The van der Waals surface area contributed by atoms with Crippen LogP contribution in [0.15, 0.2) is 81.9 Å². The van der Waals surface area contributed by atoms with Crippen molar-refractivity contribution < 1.29 is 13.5 Å². The molecule has 32 heavy (non-hydrogen) atoms. The van der Waals surface area contributed by atoms with Crippen LogP contribution in [-0.2, 0) is 5.75 Å². The summed E-state index contributed by atoms with van der Waals surface area (Å²) in [4.78, 5) is 5.54. The lowest BCUT2D eigenvalue weighted by Crippen LogP contribution is -2.01. The number of halogens is 1. The lowest BCUT2D eigenvalue weighted by molar-refractivity contribution is 0.412. The standard InChI is InChI=1S/C23H17FN4O2S2/c1-29-19-6-3-2-5-18(19)28-21(20-7-4-12-31-20)26-27-23(28)32-14-17-13-30-22(25-17)15-8-10-16(24)11-9-15/h2-13H,14H2,1H3. The second-order valence-electron chi connectivity index (χ2n) is 6.73. The van der Waals surface area contributed by atoms with Crippen LogP contribution in [0.1, 0.15) is 5.69 Å². The highest BCUT2D eigenvalue weighted by Gasteiger charge is 2.20. The average Bonchev–Trinajstić information content (AvgIpc) is 3.58. The van der Waals surface area contributed by atoms with Crippen LogP contribution in [0, 0.1) is 5.82 Å². The molecule has 0 spiro atoms. The van der Waals surface area contributed by atoms with Gasteiger partial charge in [0.2, 0.25) is 5.89 Å². The molecule has 0 N–H and O–H groups in total. The number of thioether (sulfide) groups is 1. The maximum Gasteiger partial charge on any atom is 0.226 e. The summed E-state index contributed by atoms with van der Waals surface area (Å²) in [6, 6.07) is 17.8. The minimum Gasteiger partial charge on any atom is -0.495 e. The molecule has 0 atom stereocenters. The maximum absolute atomic E-state index is 13.2. The minimum atomic E-state index is -0.298. The van der Waals surface area contributed by atoms with Gasteiger partial charge in [0.15, 0.2) is 11.0 Å². The van der Waals surface area contributed by atoms with Gasteiger partial charge in [0.05, 0.1) is 23.4 Å². The number of nitrogens with zero attached hydrogens (tertiary/aromatic N) is 4. The summed E-state index contributed by atoms with van der Waals surface area (Å²) in [6.07, 6.45) is 1.61. The van der Waals surface area contributed by atoms with Gasteiger partial charge in [-0.05, 0) is 47.8 Å². The molecule has 3 aromatic heterocycles. The molecular weight excluding hydrogens is 447 g/mol. The maximum atomic E-state index is 13.2. The number of para-hydroxylation sites is 2. The number of aromatic nitrogens is 4. The van der Waals surface area contributed by atoms with E-state index in [1.165, 1.54) is 23.9 Å². The molecule has 0 aliphatic carbocycles. The molecule has 0 unspecified atom stereocenters. The molecule has 5 rings (SSSR count). The lowest BCUT2D eigenvalue weighted by Gasteiger charge is -2.13. The van der Waals surface area contributed by atoms with Gasteiger partial charge < -0.3 is 9.15 Å². The first-order chi connectivity index (χ1) is 15.7. The van der Waals surface area contributed by atoms with Gasteiger partial charge in [-0.3, -0.25) is 4.57 Å². The van der Waals surface area contributed by atoms with E-state index in [-0.39, 0.29) is 5.82 Å². The number of methoxy groups -OCH3 is 1. The van der Waals surface area contributed by atoms with Crippen molar-refractivity contribution in [2.45, 2.75) is 10.9 Å². The molecule has 0 fully saturated rings. The summed E-state index contributed by atoms with van der Waals surface area (Å²) in [6.45, 7) is 0. The second kappa shape index (κ2) is 8.97. The summed E-state index contributed by atoms with van der Waals surface area (Å²) in [5.74, 6) is 2.16. The molecule has 0 aliphatic rings. The van der Waals surface area contributed by atoms with Crippen molar-refractivity contribution in [1.29, 1.82) is 0 Å². The first kappa shape index (κ1) is 20.5. The van der Waals surface area contributed by atoms with Crippen molar-refractivity contribution in [3.63, 3.8) is 0 Å². The van der Waals surface area contributed by atoms with E-state index in [4.69, 9.17) is 9.15 Å². The van der Waals surface area contributed by atoms with E-state index in [1.54, 1.807) is 36.8 Å². The van der Waals surface area contributed by atoms with Gasteiger partial charge >= 0.3 is 0 Å². The van der Waals surface area contributed by atoms with Gasteiger partial charge in [-0.25, -0.2) is 9.37 Å². The highest BCUT2D eigenvalue weighted by molar-refractivity contribution is 7.98. The number of oxazole rings is 1. The van der Waals surface area contributed by atoms with Crippen molar-refractivity contribution >= 4 is 23.1 Å². The van der Waals surface area contributed by atoms with Crippen molar-refractivity contribution in [3.05, 3.63) is 83.8 Å².